The molecule has 1 aliphatic heterocycles. The zero-order chi connectivity index (χ0) is 13.5. The van der Waals surface area contributed by atoms with Gasteiger partial charge in [0.05, 0.1) is 12.6 Å². The molecule has 2 rings (SSSR count). The van der Waals surface area contributed by atoms with E-state index in [1.807, 2.05) is 12.3 Å². The van der Waals surface area contributed by atoms with Crippen molar-refractivity contribution in [3.63, 3.8) is 0 Å². The Labute approximate surface area is 115 Å². The minimum Gasteiger partial charge on any atom is -0.394 e. The van der Waals surface area contributed by atoms with Gasteiger partial charge in [-0.1, -0.05) is 19.8 Å². The molecular weight excluding hydrogens is 238 g/mol. The number of aromatic nitrogens is 1. The van der Waals surface area contributed by atoms with Crippen LogP contribution in [-0.4, -0.2) is 35.8 Å². The molecule has 0 aliphatic carbocycles. The molecule has 2 N–H and O–H groups in total. The standard InChI is InChI=1S/C15H25N3O/c1-2-8-16-15-11-13(7-9-17-15)18-10-5-3-4-6-14(18)12-19/h7,9,11,14,19H,2-6,8,10,12H2,1H3,(H,16,17). The molecule has 0 bridgehead atoms. The number of aliphatic hydroxyl groups excluding tert-OH is 1. The van der Waals surface area contributed by atoms with Crippen molar-refractivity contribution in [1.82, 2.24) is 4.98 Å². The monoisotopic (exact) mass is 263 g/mol. The van der Waals surface area contributed by atoms with Gasteiger partial charge in [0, 0.05) is 31.0 Å². The number of anilines is 2. The predicted octanol–water partition coefficient (Wildman–Crippen LogP) is 2.64. The maximum absolute atomic E-state index is 9.59. The molecule has 1 aliphatic rings. The van der Waals surface area contributed by atoms with Crippen LogP contribution >= 0.6 is 0 Å². The van der Waals surface area contributed by atoms with Gasteiger partial charge in [0.1, 0.15) is 5.82 Å². The van der Waals surface area contributed by atoms with Gasteiger partial charge in [0.2, 0.25) is 0 Å². The van der Waals surface area contributed by atoms with Crippen LogP contribution < -0.4 is 10.2 Å². The molecule has 4 heteroatoms. The Hall–Kier alpha value is -1.29. The first-order chi connectivity index (χ1) is 9.35. The molecule has 0 amide bonds. The van der Waals surface area contributed by atoms with Crippen LogP contribution in [0.2, 0.25) is 0 Å². The van der Waals surface area contributed by atoms with Gasteiger partial charge >= 0.3 is 0 Å². The zero-order valence-electron chi connectivity index (χ0n) is 11.8. The van der Waals surface area contributed by atoms with Crippen molar-refractivity contribution in [3.05, 3.63) is 18.3 Å². The van der Waals surface area contributed by atoms with E-state index in [9.17, 15) is 5.11 Å². The van der Waals surface area contributed by atoms with E-state index in [0.717, 1.165) is 31.7 Å². The second-order valence-electron chi connectivity index (χ2n) is 5.21. The highest BCUT2D eigenvalue weighted by Gasteiger charge is 2.20. The van der Waals surface area contributed by atoms with Crippen molar-refractivity contribution in [1.29, 1.82) is 0 Å². The molecule has 106 valence electrons. The lowest BCUT2D eigenvalue weighted by molar-refractivity contribution is 0.255. The third-order valence-corrected chi connectivity index (χ3v) is 3.72. The Balaban J connectivity index is 2.13. The van der Waals surface area contributed by atoms with Crippen LogP contribution in [0.25, 0.3) is 0 Å². The third-order valence-electron chi connectivity index (χ3n) is 3.72. The zero-order valence-corrected chi connectivity index (χ0v) is 11.8. The van der Waals surface area contributed by atoms with Crippen LogP contribution in [0.4, 0.5) is 11.5 Å². The second kappa shape index (κ2) is 7.34. The Morgan fingerprint density at radius 2 is 2.32 bits per heavy atom. The van der Waals surface area contributed by atoms with Crippen molar-refractivity contribution in [3.8, 4) is 0 Å². The van der Waals surface area contributed by atoms with E-state index in [0.29, 0.717) is 0 Å². The van der Waals surface area contributed by atoms with Gasteiger partial charge in [-0.2, -0.15) is 0 Å². The third kappa shape index (κ3) is 3.83. The molecule has 1 unspecified atom stereocenters. The van der Waals surface area contributed by atoms with Crippen LogP contribution in [0.1, 0.15) is 39.0 Å². The van der Waals surface area contributed by atoms with Gasteiger partial charge < -0.3 is 15.3 Å². The first-order valence-corrected chi connectivity index (χ1v) is 7.42. The Morgan fingerprint density at radius 1 is 1.42 bits per heavy atom. The van der Waals surface area contributed by atoms with Gasteiger partial charge in [-0.25, -0.2) is 4.98 Å². The van der Waals surface area contributed by atoms with Crippen LogP contribution in [0, 0.1) is 0 Å². The van der Waals surface area contributed by atoms with Crippen molar-refractivity contribution >= 4 is 11.5 Å². The summed E-state index contributed by atoms with van der Waals surface area (Å²) in [5, 5.41) is 12.9. The summed E-state index contributed by atoms with van der Waals surface area (Å²) in [5.41, 5.74) is 1.18. The summed E-state index contributed by atoms with van der Waals surface area (Å²) in [7, 11) is 0. The minimum absolute atomic E-state index is 0.236. The van der Waals surface area contributed by atoms with E-state index >= 15 is 0 Å². The van der Waals surface area contributed by atoms with Crippen LogP contribution in [0.5, 0.6) is 0 Å². The summed E-state index contributed by atoms with van der Waals surface area (Å²) in [6, 6.07) is 4.40. The Morgan fingerprint density at radius 3 is 3.11 bits per heavy atom. The van der Waals surface area contributed by atoms with E-state index in [-0.39, 0.29) is 12.6 Å². The summed E-state index contributed by atoms with van der Waals surface area (Å²) < 4.78 is 0. The summed E-state index contributed by atoms with van der Waals surface area (Å²) in [6.45, 7) is 4.36. The molecule has 0 saturated carbocycles. The molecule has 1 aromatic heterocycles. The highest BCUT2D eigenvalue weighted by molar-refractivity contribution is 5.54. The molecule has 0 aromatic carbocycles. The second-order valence-corrected chi connectivity index (χ2v) is 5.21. The van der Waals surface area contributed by atoms with Crippen LogP contribution in [0.15, 0.2) is 18.3 Å². The first kappa shape index (κ1) is 14.1. The smallest absolute Gasteiger partial charge is 0.127 e. The fourth-order valence-electron chi connectivity index (χ4n) is 2.65. The van der Waals surface area contributed by atoms with Gasteiger partial charge in [-0.05, 0) is 25.3 Å². The molecule has 1 atom stereocenters. The molecule has 19 heavy (non-hydrogen) atoms. The van der Waals surface area contributed by atoms with Gasteiger partial charge in [0.15, 0.2) is 0 Å². The van der Waals surface area contributed by atoms with E-state index in [4.69, 9.17) is 0 Å². The molecule has 4 nitrogen and oxygen atoms in total. The average Bonchev–Trinajstić information content (AvgIpc) is 2.70. The number of pyridine rings is 1. The fraction of sp³-hybridized carbons (Fsp3) is 0.667. The van der Waals surface area contributed by atoms with Gasteiger partial charge in [0.25, 0.3) is 0 Å². The molecule has 2 heterocycles. The molecule has 1 fully saturated rings. The largest absolute Gasteiger partial charge is 0.394 e. The summed E-state index contributed by atoms with van der Waals surface area (Å²) in [5.74, 6) is 0.931. The quantitative estimate of drug-likeness (QED) is 0.857. The number of nitrogens with one attached hydrogen (secondary N) is 1. The molecule has 0 spiro atoms. The van der Waals surface area contributed by atoms with Crippen LogP contribution in [-0.2, 0) is 0 Å². The summed E-state index contributed by atoms with van der Waals surface area (Å²) in [6.07, 6.45) is 7.71. The van der Waals surface area contributed by atoms with Gasteiger partial charge in [-0.3, -0.25) is 0 Å². The van der Waals surface area contributed by atoms with Crippen molar-refractivity contribution in [2.75, 3.05) is 29.9 Å². The highest BCUT2D eigenvalue weighted by Crippen LogP contribution is 2.25. The number of nitrogens with zero attached hydrogens (tertiary/aromatic N) is 2. The molecular formula is C15H25N3O. The average molecular weight is 263 g/mol. The Bertz CT molecular complexity index is 383. The lowest BCUT2D eigenvalue weighted by Gasteiger charge is -2.31. The number of hydrogen-bond acceptors (Lipinski definition) is 4. The van der Waals surface area contributed by atoms with E-state index < -0.39 is 0 Å². The topological polar surface area (TPSA) is 48.4 Å². The van der Waals surface area contributed by atoms with Gasteiger partial charge in [-0.15, -0.1) is 0 Å². The maximum atomic E-state index is 9.59. The molecule has 1 aromatic rings. The minimum atomic E-state index is 0.236. The lowest BCUT2D eigenvalue weighted by atomic mass is 10.1. The van der Waals surface area contributed by atoms with Crippen molar-refractivity contribution < 1.29 is 5.11 Å². The SMILES string of the molecule is CCCNc1cc(N2CCCCCC2CO)ccn1. The molecule has 0 radical (unpaired) electrons. The number of hydrogen-bond donors (Lipinski definition) is 2. The first-order valence-electron chi connectivity index (χ1n) is 7.42. The fourth-order valence-corrected chi connectivity index (χ4v) is 2.65. The molecule has 1 saturated heterocycles. The van der Waals surface area contributed by atoms with Crippen LogP contribution in [0.3, 0.4) is 0 Å². The van der Waals surface area contributed by atoms with E-state index in [1.165, 1.54) is 24.9 Å². The highest BCUT2D eigenvalue weighted by atomic mass is 16.3. The number of rotatable bonds is 5. The van der Waals surface area contributed by atoms with E-state index in [2.05, 4.69) is 28.2 Å². The van der Waals surface area contributed by atoms with Crippen molar-refractivity contribution in [2.45, 2.75) is 45.1 Å². The van der Waals surface area contributed by atoms with E-state index in [1.54, 1.807) is 0 Å². The predicted molar refractivity (Wildman–Crippen MR) is 79.7 cm³/mol. The normalized spacial score (nSPS) is 20.1. The lowest BCUT2D eigenvalue weighted by Crippen LogP contribution is -2.37. The maximum Gasteiger partial charge on any atom is 0.127 e. The Kier molecular flexibility index (Phi) is 5.45. The summed E-state index contributed by atoms with van der Waals surface area (Å²) >= 11 is 0. The number of aliphatic hydroxyl groups is 1. The van der Waals surface area contributed by atoms with Crippen molar-refractivity contribution in [2.24, 2.45) is 0 Å². The summed E-state index contributed by atoms with van der Waals surface area (Å²) in [4.78, 5) is 6.68.